The molecule has 4 heteroatoms. The molecule has 74 valence electrons. The van der Waals surface area contributed by atoms with Crippen molar-refractivity contribution in [1.29, 1.82) is 0 Å². The zero-order valence-electron chi connectivity index (χ0n) is 8.01. The molecular weight excluding hydrogens is 247 g/mol. The van der Waals surface area contributed by atoms with Crippen LogP contribution in [0.4, 0.5) is 4.39 Å². The quantitative estimate of drug-likeness (QED) is 0.766. The van der Waals surface area contributed by atoms with E-state index in [4.69, 9.17) is 0 Å². The predicted octanol–water partition coefficient (Wildman–Crippen LogP) is 3.27. The highest BCUT2D eigenvalue weighted by molar-refractivity contribution is 9.10. The van der Waals surface area contributed by atoms with Gasteiger partial charge in [-0.25, -0.2) is 4.39 Å². The Morgan fingerprint density at radius 1 is 1.50 bits per heavy atom. The largest absolute Gasteiger partial charge is 0.269 e. The molecule has 0 unspecified atom stereocenters. The Kier molecular flexibility index (Phi) is 2.31. The summed E-state index contributed by atoms with van der Waals surface area (Å²) < 4.78 is 16.1. The molecule has 0 atom stereocenters. The fourth-order valence-corrected chi connectivity index (χ4v) is 2.06. The Bertz CT molecular complexity index is 490. The first-order chi connectivity index (χ1) is 6.63. The van der Waals surface area contributed by atoms with E-state index in [-0.39, 0.29) is 5.82 Å². The third-order valence-electron chi connectivity index (χ3n) is 2.31. The lowest BCUT2D eigenvalue weighted by atomic mass is 10.2. The molecule has 0 spiro atoms. The molecule has 0 aliphatic carbocycles. The Morgan fingerprint density at radius 2 is 2.21 bits per heavy atom. The molecule has 2 aromatic rings. The highest BCUT2D eigenvalue weighted by Gasteiger charge is 2.11. The van der Waals surface area contributed by atoms with Gasteiger partial charge in [0.2, 0.25) is 0 Å². The van der Waals surface area contributed by atoms with Gasteiger partial charge in [-0.3, -0.25) is 4.68 Å². The van der Waals surface area contributed by atoms with E-state index in [1.54, 1.807) is 4.68 Å². The fourth-order valence-electron chi connectivity index (χ4n) is 1.64. The van der Waals surface area contributed by atoms with Crippen LogP contribution in [0.5, 0.6) is 0 Å². The number of hydrogen-bond acceptors (Lipinski definition) is 1. The van der Waals surface area contributed by atoms with Crippen molar-refractivity contribution in [3.8, 4) is 0 Å². The molecule has 0 radical (unpaired) electrons. The maximum absolute atomic E-state index is 13.6. The van der Waals surface area contributed by atoms with Gasteiger partial charge in [0.25, 0.3) is 0 Å². The summed E-state index contributed by atoms with van der Waals surface area (Å²) in [7, 11) is 0. The van der Waals surface area contributed by atoms with Crippen molar-refractivity contribution in [3.05, 3.63) is 28.1 Å². The molecule has 0 fully saturated rings. The molecule has 0 bridgehead atoms. The number of hydrogen-bond donors (Lipinski definition) is 0. The number of aryl methyl sites for hydroxylation is 2. The standard InChI is InChI=1S/C10H10BrFN2/c1-3-14-6(2)10-8(12)4-7(11)5-9(10)13-14/h4-5H,3H2,1-2H3. The predicted molar refractivity (Wildman–Crippen MR) is 57.8 cm³/mol. The summed E-state index contributed by atoms with van der Waals surface area (Å²) in [5.41, 5.74) is 1.59. The van der Waals surface area contributed by atoms with Gasteiger partial charge in [-0.05, 0) is 26.0 Å². The van der Waals surface area contributed by atoms with Gasteiger partial charge in [-0.15, -0.1) is 0 Å². The van der Waals surface area contributed by atoms with E-state index in [0.717, 1.165) is 16.7 Å². The monoisotopic (exact) mass is 256 g/mol. The van der Waals surface area contributed by atoms with Crippen LogP contribution >= 0.6 is 15.9 Å². The number of aromatic nitrogens is 2. The maximum Gasteiger partial charge on any atom is 0.135 e. The zero-order chi connectivity index (χ0) is 10.3. The van der Waals surface area contributed by atoms with Gasteiger partial charge in [0.1, 0.15) is 5.82 Å². The lowest BCUT2D eigenvalue weighted by Crippen LogP contribution is -1.97. The van der Waals surface area contributed by atoms with E-state index in [0.29, 0.717) is 10.9 Å². The number of halogens is 2. The van der Waals surface area contributed by atoms with Crippen molar-refractivity contribution in [1.82, 2.24) is 9.78 Å². The molecule has 0 amide bonds. The van der Waals surface area contributed by atoms with Crippen LogP contribution in [0.15, 0.2) is 16.6 Å². The van der Waals surface area contributed by atoms with Gasteiger partial charge in [-0.2, -0.15) is 5.10 Å². The molecule has 14 heavy (non-hydrogen) atoms. The molecule has 0 saturated carbocycles. The summed E-state index contributed by atoms with van der Waals surface area (Å²) in [5, 5.41) is 4.92. The molecule has 2 nitrogen and oxygen atoms in total. The second-order valence-electron chi connectivity index (χ2n) is 3.18. The topological polar surface area (TPSA) is 17.8 Å². The summed E-state index contributed by atoms with van der Waals surface area (Å²) in [6.45, 7) is 4.64. The van der Waals surface area contributed by atoms with E-state index in [9.17, 15) is 4.39 Å². The number of nitrogens with zero attached hydrogens (tertiary/aromatic N) is 2. The van der Waals surface area contributed by atoms with Gasteiger partial charge in [0.15, 0.2) is 0 Å². The highest BCUT2D eigenvalue weighted by Crippen LogP contribution is 2.25. The SMILES string of the molecule is CCn1nc2cc(Br)cc(F)c2c1C. The van der Waals surface area contributed by atoms with Crippen molar-refractivity contribution in [3.63, 3.8) is 0 Å². The second kappa shape index (κ2) is 3.35. The minimum atomic E-state index is -0.216. The molecule has 0 aliphatic heterocycles. The first-order valence-electron chi connectivity index (χ1n) is 4.45. The number of benzene rings is 1. The minimum absolute atomic E-state index is 0.216. The lowest BCUT2D eigenvalue weighted by Gasteiger charge is -1.97. The van der Waals surface area contributed by atoms with Crippen molar-refractivity contribution in [2.24, 2.45) is 0 Å². The summed E-state index contributed by atoms with van der Waals surface area (Å²) in [5.74, 6) is -0.216. The van der Waals surface area contributed by atoms with Gasteiger partial charge in [0.05, 0.1) is 10.9 Å². The van der Waals surface area contributed by atoms with Crippen LogP contribution < -0.4 is 0 Å². The Balaban J connectivity index is 2.85. The van der Waals surface area contributed by atoms with Crippen LogP contribution in [0.2, 0.25) is 0 Å². The van der Waals surface area contributed by atoms with E-state index < -0.39 is 0 Å². The first-order valence-corrected chi connectivity index (χ1v) is 5.25. The third kappa shape index (κ3) is 1.34. The van der Waals surface area contributed by atoms with Crippen LogP contribution in [0.25, 0.3) is 10.9 Å². The molecule has 1 heterocycles. The fraction of sp³-hybridized carbons (Fsp3) is 0.300. The van der Waals surface area contributed by atoms with Gasteiger partial charge in [-0.1, -0.05) is 15.9 Å². The Labute approximate surface area is 89.8 Å². The summed E-state index contributed by atoms with van der Waals surface area (Å²) in [4.78, 5) is 0. The van der Waals surface area contributed by atoms with Crippen molar-refractivity contribution < 1.29 is 4.39 Å². The average molecular weight is 257 g/mol. The van der Waals surface area contributed by atoms with Crippen LogP contribution in [0, 0.1) is 12.7 Å². The molecule has 2 rings (SSSR count). The molecule has 0 aliphatic rings. The second-order valence-corrected chi connectivity index (χ2v) is 4.10. The van der Waals surface area contributed by atoms with Crippen molar-refractivity contribution in [2.75, 3.05) is 0 Å². The lowest BCUT2D eigenvalue weighted by molar-refractivity contribution is 0.631. The van der Waals surface area contributed by atoms with E-state index >= 15 is 0 Å². The maximum atomic E-state index is 13.6. The molecular formula is C10H10BrFN2. The molecule has 0 N–H and O–H groups in total. The van der Waals surface area contributed by atoms with E-state index in [1.165, 1.54) is 6.07 Å². The van der Waals surface area contributed by atoms with Crippen LogP contribution in [-0.2, 0) is 6.54 Å². The Morgan fingerprint density at radius 3 is 2.86 bits per heavy atom. The summed E-state index contributed by atoms with van der Waals surface area (Å²) in [6, 6.07) is 3.30. The molecule has 1 aromatic carbocycles. The van der Waals surface area contributed by atoms with E-state index in [2.05, 4.69) is 21.0 Å². The number of rotatable bonds is 1. The van der Waals surface area contributed by atoms with Crippen LogP contribution in [-0.4, -0.2) is 9.78 Å². The Hall–Kier alpha value is -0.900. The van der Waals surface area contributed by atoms with Gasteiger partial charge in [0, 0.05) is 16.7 Å². The van der Waals surface area contributed by atoms with Gasteiger partial charge < -0.3 is 0 Å². The minimum Gasteiger partial charge on any atom is -0.269 e. The van der Waals surface area contributed by atoms with Crippen LogP contribution in [0.1, 0.15) is 12.6 Å². The summed E-state index contributed by atoms with van der Waals surface area (Å²) in [6.07, 6.45) is 0. The third-order valence-corrected chi connectivity index (χ3v) is 2.77. The smallest absolute Gasteiger partial charge is 0.135 e. The first kappa shape index (κ1) is 9.65. The summed E-state index contributed by atoms with van der Waals surface area (Å²) >= 11 is 3.25. The van der Waals surface area contributed by atoms with Crippen molar-refractivity contribution >= 4 is 26.8 Å². The van der Waals surface area contributed by atoms with Crippen molar-refractivity contribution in [2.45, 2.75) is 20.4 Å². The zero-order valence-corrected chi connectivity index (χ0v) is 9.60. The van der Waals surface area contributed by atoms with E-state index in [1.807, 2.05) is 19.9 Å². The average Bonchev–Trinajstić information content (AvgIpc) is 2.42. The number of fused-ring (bicyclic) bond motifs is 1. The van der Waals surface area contributed by atoms with Gasteiger partial charge >= 0.3 is 0 Å². The molecule has 1 aromatic heterocycles. The molecule has 0 saturated heterocycles. The normalized spacial score (nSPS) is 11.1. The van der Waals surface area contributed by atoms with Crippen LogP contribution in [0.3, 0.4) is 0 Å². The highest BCUT2D eigenvalue weighted by atomic mass is 79.9.